The number of hydrogen-bond donors (Lipinski definition) is 1. The summed E-state index contributed by atoms with van der Waals surface area (Å²) in [6, 6.07) is 9.63. The Morgan fingerprint density at radius 2 is 1.74 bits per heavy atom. The summed E-state index contributed by atoms with van der Waals surface area (Å²) in [5.41, 5.74) is 0.601. The molecule has 1 saturated heterocycles. The van der Waals surface area contributed by atoms with Crippen molar-refractivity contribution in [3.8, 4) is 0 Å². The fourth-order valence-electron chi connectivity index (χ4n) is 2.85. The number of nitro benzene ring substituents is 1. The Morgan fingerprint density at radius 3 is 2.35 bits per heavy atom. The number of hydrogen-bond acceptors (Lipinski definition) is 7. The molecule has 160 valence electrons. The molecule has 1 N–H and O–H groups in total. The maximum Gasteiger partial charge on any atom is 0.338 e. The SMILES string of the molecule is O=C(COC(=O)c1ccc(CN2C(=O)CCC2=O)cc1)Nc1cc([N+](=O)[O-])ccc1Cl. The number of benzene rings is 2. The van der Waals surface area contributed by atoms with Crippen LogP contribution in [0.4, 0.5) is 11.4 Å². The number of carbonyl (C=O) groups is 4. The van der Waals surface area contributed by atoms with E-state index in [0.29, 0.717) is 5.56 Å². The average molecular weight is 446 g/mol. The summed E-state index contributed by atoms with van der Waals surface area (Å²) >= 11 is 5.91. The van der Waals surface area contributed by atoms with E-state index in [9.17, 15) is 29.3 Å². The van der Waals surface area contributed by atoms with Gasteiger partial charge in [-0.15, -0.1) is 0 Å². The molecule has 0 atom stereocenters. The van der Waals surface area contributed by atoms with Crippen LogP contribution >= 0.6 is 11.6 Å². The van der Waals surface area contributed by atoms with E-state index in [-0.39, 0.29) is 53.2 Å². The van der Waals surface area contributed by atoms with E-state index in [1.807, 2.05) is 0 Å². The molecule has 1 heterocycles. The molecule has 0 radical (unpaired) electrons. The molecule has 11 heteroatoms. The van der Waals surface area contributed by atoms with Crippen molar-refractivity contribution in [3.05, 3.63) is 68.7 Å². The minimum absolute atomic E-state index is 0.0206. The lowest BCUT2D eigenvalue weighted by Crippen LogP contribution is -2.28. The molecule has 1 aliphatic rings. The lowest BCUT2D eigenvalue weighted by Gasteiger charge is -2.13. The summed E-state index contributed by atoms with van der Waals surface area (Å²) in [5.74, 6) is -1.95. The predicted molar refractivity (Wildman–Crippen MR) is 108 cm³/mol. The van der Waals surface area contributed by atoms with Crippen LogP contribution < -0.4 is 5.32 Å². The number of ether oxygens (including phenoxy) is 1. The average Bonchev–Trinajstić information content (AvgIpc) is 3.06. The standard InChI is InChI=1S/C20H16ClN3O7/c21-15-6-5-14(24(29)30)9-16(15)22-17(25)11-31-20(28)13-3-1-12(2-4-13)10-23-18(26)7-8-19(23)27/h1-6,9H,7-8,10-11H2,(H,22,25). The number of halogens is 1. The number of nitro groups is 1. The van der Waals surface area contributed by atoms with Gasteiger partial charge in [-0.2, -0.15) is 0 Å². The van der Waals surface area contributed by atoms with E-state index in [1.54, 1.807) is 12.1 Å². The molecule has 1 fully saturated rings. The van der Waals surface area contributed by atoms with Crippen LogP contribution in [0.3, 0.4) is 0 Å². The zero-order valence-corrected chi connectivity index (χ0v) is 16.8. The number of anilines is 1. The Bertz CT molecular complexity index is 1050. The number of carbonyl (C=O) groups excluding carboxylic acids is 4. The van der Waals surface area contributed by atoms with Gasteiger partial charge in [0.1, 0.15) is 0 Å². The second kappa shape index (κ2) is 9.35. The van der Waals surface area contributed by atoms with Crippen LogP contribution in [0.25, 0.3) is 0 Å². The quantitative estimate of drug-likeness (QED) is 0.299. The molecule has 0 aliphatic carbocycles. The van der Waals surface area contributed by atoms with Crippen LogP contribution in [0.15, 0.2) is 42.5 Å². The summed E-state index contributed by atoms with van der Waals surface area (Å²) in [7, 11) is 0. The van der Waals surface area contributed by atoms with Crippen LogP contribution in [0.5, 0.6) is 0 Å². The highest BCUT2D eigenvalue weighted by molar-refractivity contribution is 6.33. The van der Waals surface area contributed by atoms with Gasteiger partial charge in [-0.3, -0.25) is 29.4 Å². The highest BCUT2D eigenvalue weighted by Crippen LogP contribution is 2.26. The molecule has 0 spiro atoms. The maximum absolute atomic E-state index is 12.1. The Hall–Kier alpha value is -3.79. The first-order valence-electron chi connectivity index (χ1n) is 9.07. The van der Waals surface area contributed by atoms with Crippen molar-refractivity contribution in [1.82, 2.24) is 4.90 Å². The Labute approximate surface area is 180 Å². The number of esters is 1. The van der Waals surface area contributed by atoms with Gasteiger partial charge in [0.15, 0.2) is 6.61 Å². The number of rotatable bonds is 7. The van der Waals surface area contributed by atoms with Crippen molar-refractivity contribution >= 4 is 46.7 Å². The zero-order valence-electron chi connectivity index (χ0n) is 16.0. The summed E-state index contributed by atoms with van der Waals surface area (Å²) < 4.78 is 4.94. The van der Waals surface area contributed by atoms with Crippen LogP contribution in [0.2, 0.25) is 5.02 Å². The normalized spacial score (nSPS) is 13.3. The van der Waals surface area contributed by atoms with Crippen LogP contribution in [-0.2, 0) is 25.7 Å². The van der Waals surface area contributed by atoms with Gasteiger partial charge >= 0.3 is 5.97 Å². The zero-order chi connectivity index (χ0) is 22.5. The lowest BCUT2D eigenvalue weighted by molar-refractivity contribution is -0.384. The van der Waals surface area contributed by atoms with Gasteiger partial charge in [-0.05, 0) is 23.8 Å². The van der Waals surface area contributed by atoms with Gasteiger partial charge in [0, 0.05) is 25.0 Å². The van der Waals surface area contributed by atoms with Gasteiger partial charge in [0.2, 0.25) is 11.8 Å². The van der Waals surface area contributed by atoms with Crippen LogP contribution in [0, 0.1) is 10.1 Å². The highest BCUT2D eigenvalue weighted by Gasteiger charge is 2.28. The third kappa shape index (κ3) is 5.43. The predicted octanol–water partition coefficient (Wildman–Crippen LogP) is 2.69. The first-order valence-corrected chi connectivity index (χ1v) is 9.45. The second-order valence-corrected chi connectivity index (χ2v) is 7.02. The molecular formula is C20H16ClN3O7. The lowest BCUT2D eigenvalue weighted by atomic mass is 10.1. The molecule has 0 aromatic heterocycles. The highest BCUT2D eigenvalue weighted by atomic mass is 35.5. The molecule has 10 nitrogen and oxygen atoms in total. The monoisotopic (exact) mass is 445 g/mol. The molecule has 0 saturated carbocycles. The largest absolute Gasteiger partial charge is 0.452 e. The van der Waals surface area contributed by atoms with Crippen molar-refractivity contribution < 1.29 is 28.8 Å². The first kappa shape index (κ1) is 21.9. The summed E-state index contributed by atoms with van der Waals surface area (Å²) in [5, 5.41) is 13.3. The minimum Gasteiger partial charge on any atom is -0.452 e. The van der Waals surface area contributed by atoms with E-state index in [0.717, 1.165) is 11.0 Å². The fourth-order valence-corrected chi connectivity index (χ4v) is 3.02. The summed E-state index contributed by atoms with van der Waals surface area (Å²) in [4.78, 5) is 58.8. The van der Waals surface area contributed by atoms with E-state index in [4.69, 9.17) is 16.3 Å². The van der Waals surface area contributed by atoms with E-state index in [2.05, 4.69) is 5.32 Å². The number of imide groups is 1. The second-order valence-electron chi connectivity index (χ2n) is 6.62. The van der Waals surface area contributed by atoms with E-state index < -0.39 is 23.4 Å². The Morgan fingerprint density at radius 1 is 1.10 bits per heavy atom. The van der Waals surface area contributed by atoms with E-state index in [1.165, 1.54) is 24.3 Å². The van der Waals surface area contributed by atoms with E-state index >= 15 is 0 Å². The Kier molecular flexibility index (Phi) is 6.61. The number of nitrogens with zero attached hydrogens (tertiary/aromatic N) is 2. The van der Waals surface area contributed by atoms with Crippen LogP contribution in [0.1, 0.15) is 28.8 Å². The maximum atomic E-state index is 12.1. The number of amides is 3. The number of nitrogens with one attached hydrogen (secondary N) is 1. The summed E-state index contributed by atoms with van der Waals surface area (Å²) in [6.07, 6.45) is 0.402. The molecule has 1 aliphatic heterocycles. The molecule has 31 heavy (non-hydrogen) atoms. The first-order chi connectivity index (χ1) is 14.7. The Balaban J connectivity index is 1.54. The topological polar surface area (TPSA) is 136 Å². The summed E-state index contributed by atoms with van der Waals surface area (Å²) in [6.45, 7) is -0.504. The third-order valence-corrected chi connectivity index (χ3v) is 4.78. The minimum atomic E-state index is -0.764. The molecule has 3 amide bonds. The van der Waals surface area contributed by atoms with Gasteiger partial charge < -0.3 is 10.1 Å². The van der Waals surface area contributed by atoms with Crippen molar-refractivity contribution in [2.75, 3.05) is 11.9 Å². The number of likely N-dealkylation sites (tertiary alicyclic amines) is 1. The molecule has 0 bridgehead atoms. The molecule has 2 aromatic carbocycles. The van der Waals surface area contributed by atoms with Crippen molar-refractivity contribution in [2.45, 2.75) is 19.4 Å². The van der Waals surface area contributed by atoms with Gasteiger partial charge in [-0.25, -0.2) is 4.79 Å². The van der Waals surface area contributed by atoms with Crippen molar-refractivity contribution in [2.24, 2.45) is 0 Å². The van der Waals surface area contributed by atoms with Gasteiger partial charge in [0.05, 0.1) is 27.7 Å². The number of non-ortho nitro benzene ring substituents is 1. The third-order valence-electron chi connectivity index (χ3n) is 4.45. The molecule has 2 aromatic rings. The smallest absolute Gasteiger partial charge is 0.338 e. The van der Waals surface area contributed by atoms with Crippen molar-refractivity contribution in [3.63, 3.8) is 0 Å². The molecular weight excluding hydrogens is 430 g/mol. The van der Waals surface area contributed by atoms with Gasteiger partial charge in [0.25, 0.3) is 11.6 Å². The fraction of sp³-hybridized carbons (Fsp3) is 0.200. The van der Waals surface area contributed by atoms with Crippen molar-refractivity contribution in [1.29, 1.82) is 0 Å². The molecule has 0 unspecified atom stereocenters. The van der Waals surface area contributed by atoms with Gasteiger partial charge in [-0.1, -0.05) is 23.7 Å². The molecule has 3 rings (SSSR count). The van der Waals surface area contributed by atoms with Crippen LogP contribution in [-0.4, -0.2) is 40.1 Å².